The monoisotopic (exact) mass is 393 g/mol. The highest BCUT2D eigenvalue weighted by Crippen LogP contribution is 2.64. The molecule has 5 nitrogen and oxygen atoms in total. The van der Waals surface area contributed by atoms with E-state index in [-0.39, 0.29) is 18.1 Å². The highest BCUT2D eigenvalue weighted by atomic mass is 19.3. The van der Waals surface area contributed by atoms with Gasteiger partial charge in [-0.25, -0.2) is 8.78 Å². The van der Waals surface area contributed by atoms with E-state index in [9.17, 15) is 13.6 Å². The third-order valence-corrected chi connectivity index (χ3v) is 7.10. The van der Waals surface area contributed by atoms with Crippen molar-refractivity contribution in [2.24, 2.45) is 17.8 Å². The Hall–Kier alpha value is -1.89. The van der Waals surface area contributed by atoms with Gasteiger partial charge < -0.3 is 19.5 Å². The number of carbonyl (C=O) groups excluding carboxylic acids is 1. The van der Waals surface area contributed by atoms with E-state index in [0.29, 0.717) is 44.8 Å². The number of fused-ring (bicyclic) bond motifs is 2. The maximum absolute atomic E-state index is 14.0. The van der Waals surface area contributed by atoms with E-state index in [2.05, 4.69) is 5.32 Å². The van der Waals surface area contributed by atoms with Crippen molar-refractivity contribution in [3.05, 3.63) is 23.8 Å². The minimum atomic E-state index is -2.66. The van der Waals surface area contributed by atoms with Crippen molar-refractivity contribution in [2.75, 3.05) is 26.6 Å². The van der Waals surface area contributed by atoms with Gasteiger partial charge >= 0.3 is 0 Å². The molecule has 1 saturated heterocycles. The van der Waals surface area contributed by atoms with Crippen molar-refractivity contribution in [1.82, 2.24) is 5.32 Å². The molecule has 1 aromatic rings. The molecule has 1 aromatic carbocycles. The summed E-state index contributed by atoms with van der Waals surface area (Å²) >= 11 is 0. The third kappa shape index (κ3) is 2.86. The topological polar surface area (TPSA) is 56.8 Å². The lowest BCUT2D eigenvalue weighted by Crippen LogP contribution is -2.46. The number of nitrogens with one attached hydrogen (secondary N) is 1. The second-order valence-corrected chi connectivity index (χ2v) is 8.52. The third-order valence-electron chi connectivity index (χ3n) is 7.10. The van der Waals surface area contributed by atoms with Gasteiger partial charge in [0.15, 0.2) is 11.5 Å². The fraction of sp³-hybridized carbons (Fsp3) is 0.667. The first-order valence-corrected chi connectivity index (χ1v) is 10.1. The zero-order chi connectivity index (χ0) is 19.4. The summed E-state index contributed by atoms with van der Waals surface area (Å²) in [5.74, 6) is -3.38. The summed E-state index contributed by atoms with van der Waals surface area (Å²) in [4.78, 5) is 12.8. The molecule has 0 spiro atoms. The maximum Gasteiger partial charge on any atom is 0.255 e. The highest BCUT2D eigenvalue weighted by Gasteiger charge is 2.72. The average Bonchev–Trinajstić information content (AvgIpc) is 3.06. The minimum absolute atomic E-state index is 0.212. The molecule has 28 heavy (non-hydrogen) atoms. The summed E-state index contributed by atoms with van der Waals surface area (Å²) in [5, 5.41) is 3.02. The second kappa shape index (κ2) is 6.58. The van der Waals surface area contributed by atoms with Crippen LogP contribution in [-0.2, 0) is 14.9 Å². The van der Waals surface area contributed by atoms with Crippen LogP contribution in [0.25, 0.3) is 0 Å². The largest absolute Gasteiger partial charge is 0.454 e. The van der Waals surface area contributed by atoms with Gasteiger partial charge in [0.2, 0.25) is 12.7 Å². The Morgan fingerprint density at radius 2 is 1.93 bits per heavy atom. The number of hydrogen-bond acceptors (Lipinski definition) is 4. The molecule has 2 aliphatic carbocycles. The Labute approximate surface area is 162 Å². The number of ether oxygens (including phenoxy) is 3. The molecule has 2 aliphatic heterocycles. The normalized spacial score (nSPS) is 31.7. The number of halogens is 2. The first-order valence-electron chi connectivity index (χ1n) is 10.1. The van der Waals surface area contributed by atoms with Crippen molar-refractivity contribution in [3.8, 4) is 11.5 Å². The number of benzene rings is 1. The first kappa shape index (κ1) is 18.2. The molecule has 4 aliphatic rings. The molecule has 0 bridgehead atoms. The Bertz CT molecular complexity index is 778. The molecular weight excluding hydrogens is 368 g/mol. The van der Waals surface area contributed by atoms with E-state index in [1.54, 1.807) is 0 Å². The van der Waals surface area contributed by atoms with Gasteiger partial charge in [-0.15, -0.1) is 0 Å². The molecule has 0 radical (unpaired) electrons. The van der Waals surface area contributed by atoms with Crippen molar-refractivity contribution < 1.29 is 27.8 Å². The Morgan fingerprint density at radius 1 is 1.14 bits per heavy atom. The zero-order valence-electron chi connectivity index (χ0n) is 15.7. The lowest BCUT2D eigenvalue weighted by molar-refractivity contribution is -0.127. The van der Waals surface area contributed by atoms with Crippen LogP contribution in [0.3, 0.4) is 0 Å². The number of amides is 1. The Kier molecular flexibility index (Phi) is 4.27. The van der Waals surface area contributed by atoms with Crippen LogP contribution in [0.1, 0.15) is 37.7 Å². The molecule has 1 N–H and O–H groups in total. The Balaban J connectivity index is 1.33. The van der Waals surface area contributed by atoms with Crippen molar-refractivity contribution in [3.63, 3.8) is 0 Å². The molecular formula is C21H25F2NO4. The van der Waals surface area contributed by atoms with E-state index in [1.807, 2.05) is 18.2 Å². The molecule has 3 fully saturated rings. The summed E-state index contributed by atoms with van der Waals surface area (Å²) in [6.07, 6.45) is 3.33. The van der Waals surface area contributed by atoms with Crippen LogP contribution in [0.5, 0.6) is 11.5 Å². The van der Waals surface area contributed by atoms with Crippen LogP contribution in [0.15, 0.2) is 18.2 Å². The van der Waals surface area contributed by atoms with Crippen LogP contribution < -0.4 is 14.8 Å². The van der Waals surface area contributed by atoms with Gasteiger partial charge in [-0.3, -0.25) is 4.79 Å². The van der Waals surface area contributed by atoms with E-state index in [1.165, 1.54) is 0 Å². The number of hydrogen-bond donors (Lipinski definition) is 1. The van der Waals surface area contributed by atoms with Crippen molar-refractivity contribution in [2.45, 2.75) is 43.4 Å². The van der Waals surface area contributed by atoms with E-state index < -0.39 is 23.7 Å². The van der Waals surface area contributed by atoms with Crippen LogP contribution >= 0.6 is 0 Å². The minimum Gasteiger partial charge on any atom is -0.454 e. The summed E-state index contributed by atoms with van der Waals surface area (Å²) in [6, 6.07) is 5.88. The van der Waals surface area contributed by atoms with Crippen LogP contribution in [0.2, 0.25) is 0 Å². The molecule has 2 heterocycles. The number of alkyl halides is 2. The van der Waals surface area contributed by atoms with E-state index in [0.717, 1.165) is 24.2 Å². The average molecular weight is 393 g/mol. The van der Waals surface area contributed by atoms with E-state index in [4.69, 9.17) is 14.2 Å². The van der Waals surface area contributed by atoms with Gasteiger partial charge in [0.05, 0.1) is 0 Å². The summed E-state index contributed by atoms with van der Waals surface area (Å²) in [6.45, 7) is 1.85. The lowest BCUT2D eigenvalue weighted by Gasteiger charge is -2.38. The van der Waals surface area contributed by atoms with Crippen molar-refractivity contribution in [1.29, 1.82) is 0 Å². The Morgan fingerprint density at radius 3 is 2.75 bits per heavy atom. The van der Waals surface area contributed by atoms with Gasteiger partial charge in [0, 0.05) is 42.9 Å². The molecule has 7 heteroatoms. The molecule has 3 atom stereocenters. The predicted octanol–water partition coefficient (Wildman–Crippen LogP) is 3.26. The smallest absolute Gasteiger partial charge is 0.255 e. The van der Waals surface area contributed by atoms with Crippen LogP contribution in [0.4, 0.5) is 8.78 Å². The molecule has 0 aromatic heterocycles. The highest BCUT2D eigenvalue weighted by molar-refractivity contribution is 5.80. The molecule has 3 unspecified atom stereocenters. The summed E-state index contributed by atoms with van der Waals surface area (Å²) in [5.41, 5.74) is 0.785. The summed E-state index contributed by atoms with van der Waals surface area (Å²) < 4.78 is 44.4. The van der Waals surface area contributed by atoms with Gasteiger partial charge in [-0.1, -0.05) is 12.5 Å². The lowest BCUT2D eigenvalue weighted by atomic mass is 9.73. The SMILES string of the molecule is O=C(NCC1(c2ccc3c(c2)OCO3)CCOCC1)C1CCCC2C1C2(F)F. The van der Waals surface area contributed by atoms with Crippen LogP contribution in [0, 0.1) is 17.8 Å². The molecule has 1 amide bonds. The van der Waals surface area contributed by atoms with Crippen molar-refractivity contribution >= 4 is 5.91 Å². The van der Waals surface area contributed by atoms with E-state index >= 15 is 0 Å². The summed E-state index contributed by atoms with van der Waals surface area (Å²) in [7, 11) is 0. The van der Waals surface area contributed by atoms with Gasteiger partial charge in [-0.2, -0.15) is 0 Å². The first-order chi connectivity index (χ1) is 13.5. The van der Waals surface area contributed by atoms with Gasteiger partial charge in [-0.05, 0) is 43.4 Å². The van der Waals surface area contributed by atoms with Gasteiger partial charge in [0.25, 0.3) is 5.92 Å². The number of carbonyl (C=O) groups is 1. The fourth-order valence-corrected chi connectivity index (χ4v) is 5.31. The molecule has 5 rings (SSSR count). The predicted molar refractivity (Wildman–Crippen MR) is 96.6 cm³/mol. The second-order valence-electron chi connectivity index (χ2n) is 8.52. The maximum atomic E-state index is 14.0. The standard InChI is InChI=1S/C21H25F2NO4/c22-21(23)15-3-1-2-14(18(15)21)19(25)24-11-20(6-8-26-9-7-20)13-4-5-16-17(10-13)28-12-27-16/h4-5,10,14-15,18H,1-3,6-9,11-12H2,(H,24,25). The quantitative estimate of drug-likeness (QED) is 0.853. The van der Waals surface area contributed by atoms with Gasteiger partial charge in [0.1, 0.15) is 0 Å². The fourth-order valence-electron chi connectivity index (χ4n) is 5.31. The molecule has 2 saturated carbocycles. The molecule has 152 valence electrons. The zero-order valence-corrected chi connectivity index (χ0v) is 15.7. The number of rotatable bonds is 4. The van der Waals surface area contributed by atoms with Crippen LogP contribution in [-0.4, -0.2) is 38.4 Å².